The van der Waals surface area contributed by atoms with Gasteiger partial charge in [0.15, 0.2) is 11.9 Å². The topological polar surface area (TPSA) is 83.8 Å². The minimum Gasteiger partial charge on any atom is -0.451 e. The van der Waals surface area contributed by atoms with Crippen LogP contribution >= 0.6 is 0 Å². The van der Waals surface area contributed by atoms with Crippen LogP contribution in [0.2, 0.25) is 0 Å². The van der Waals surface area contributed by atoms with Crippen molar-refractivity contribution in [3.8, 4) is 0 Å². The molecule has 5 nitrogen and oxygen atoms in total. The third kappa shape index (κ3) is 3.02. The second-order valence-corrected chi connectivity index (χ2v) is 11.9. The van der Waals surface area contributed by atoms with Gasteiger partial charge in [0.1, 0.15) is 0 Å². The molecule has 0 aliphatic heterocycles. The molecule has 0 heterocycles. The lowest BCUT2D eigenvalue weighted by Crippen LogP contribution is -2.62. The maximum absolute atomic E-state index is 13.4. The quantitative estimate of drug-likeness (QED) is 0.538. The summed E-state index contributed by atoms with van der Waals surface area (Å²) < 4.78 is 5.73. The Morgan fingerprint density at radius 3 is 2.47 bits per heavy atom. The first-order valence-electron chi connectivity index (χ1n) is 11.6. The number of Topliss-reactive ketones (excluding diaryl/α,β-unsaturated/α-hetero) is 1. The number of allylic oxidation sites excluding steroid dienone is 1. The number of aliphatic hydroxyl groups is 2. The second-order valence-electron chi connectivity index (χ2n) is 11.9. The molecule has 2 bridgehead atoms. The van der Waals surface area contributed by atoms with Crippen molar-refractivity contribution in [2.24, 2.45) is 34.0 Å². The molecule has 4 fully saturated rings. The molecule has 0 amide bonds. The van der Waals surface area contributed by atoms with Crippen LogP contribution in [0.5, 0.6) is 0 Å². The van der Waals surface area contributed by atoms with Gasteiger partial charge in [-0.2, -0.15) is 0 Å². The summed E-state index contributed by atoms with van der Waals surface area (Å²) in [6.45, 7) is 9.88. The Hall–Kier alpha value is -1.20. The fraction of sp³-hybridized carbons (Fsp3) is 0.840. The molecule has 1 spiro atoms. The Morgan fingerprint density at radius 2 is 1.83 bits per heavy atom. The highest BCUT2D eigenvalue weighted by Gasteiger charge is 2.69. The SMILES string of the molecule is CC(C)=CC(=O)OC1CC2(C)C3CCC4CC3(CCC2C(C)(C)C1=O)CC4(O)CO. The summed E-state index contributed by atoms with van der Waals surface area (Å²) in [6, 6.07) is 0. The summed E-state index contributed by atoms with van der Waals surface area (Å²) in [4.78, 5) is 25.7. The van der Waals surface area contributed by atoms with E-state index in [-0.39, 0.29) is 35.1 Å². The standard InChI is InChI=1S/C25H38O5/c1-15(2)10-20(27)30-17-12-23(5)18(22(3,4)21(17)28)8-9-24-11-16(6-7-19(23)24)25(29,13-24)14-26/h10,16-19,26,29H,6-9,11-14H2,1-5H3. The van der Waals surface area contributed by atoms with E-state index in [2.05, 4.69) is 6.92 Å². The minimum absolute atomic E-state index is 0.0244. The van der Waals surface area contributed by atoms with Crippen LogP contribution in [0.25, 0.3) is 0 Å². The molecule has 4 rings (SSSR count). The Balaban J connectivity index is 1.68. The first kappa shape index (κ1) is 22.0. The summed E-state index contributed by atoms with van der Waals surface area (Å²) in [5.41, 5.74) is -0.759. The van der Waals surface area contributed by atoms with Crippen molar-refractivity contribution >= 4 is 11.8 Å². The third-order valence-corrected chi connectivity index (χ3v) is 9.50. The summed E-state index contributed by atoms with van der Waals surface area (Å²) >= 11 is 0. The first-order chi connectivity index (χ1) is 13.9. The van der Waals surface area contributed by atoms with E-state index >= 15 is 0 Å². The molecule has 7 atom stereocenters. The molecule has 0 aromatic carbocycles. The van der Waals surface area contributed by atoms with Gasteiger partial charge in [-0.25, -0.2) is 4.79 Å². The third-order valence-electron chi connectivity index (χ3n) is 9.50. The van der Waals surface area contributed by atoms with Crippen LogP contribution in [0.4, 0.5) is 0 Å². The van der Waals surface area contributed by atoms with E-state index in [1.165, 1.54) is 6.08 Å². The molecular weight excluding hydrogens is 380 g/mol. The average molecular weight is 419 g/mol. The van der Waals surface area contributed by atoms with Gasteiger partial charge < -0.3 is 14.9 Å². The number of carbonyl (C=O) groups excluding carboxylic acids is 2. The number of rotatable bonds is 3. The molecule has 2 N–H and O–H groups in total. The summed E-state index contributed by atoms with van der Waals surface area (Å²) in [5, 5.41) is 21.0. The molecule has 0 saturated heterocycles. The average Bonchev–Trinajstić information content (AvgIpc) is 2.85. The van der Waals surface area contributed by atoms with Gasteiger partial charge in [0.2, 0.25) is 0 Å². The Morgan fingerprint density at radius 1 is 1.13 bits per heavy atom. The smallest absolute Gasteiger partial charge is 0.331 e. The first-order valence-corrected chi connectivity index (χ1v) is 11.6. The Bertz CT molecular complexity index is 780. The molecule has 168 valence electrons. The van der Waals surface area contributed by atoms with Crippen LogP contribution in [0.15, 0.2) is 11.6 Å². The van der Waals surface area contributed by atoms with Gasteiger partial charge in [-0.1, -0.05) is 26.3 Å². The van der Waals surface area contributed by atoms with E-state index in [9.17, 15) is 19.8 Å². The lowest BCUT2D eigenvalue weighted by molar-refractivity contribution is -0.190. The molecule has 5 heteroatoms. The second kappa shape index (κ2) is 6.90. The fourth-order valence-electron chi connectivity index (χ4n) is 8.45. The number of ketones is 1. The van der Waals surface area contributed by atoms with Crippen molar-refractivity contribution in [2.45, 2.75) is 91.3 Å². The number of fused-ring (bicyclic) bond motifs is 3. The van der Waals surface area contributed by atoms with Gasteiger partial charge in [-0.05, 0) is 87.4 Å². The summed E-state index contributed by atoms with van der Waals surface area (Å²) in [7, 11) is 0. The van der Waals surface area contributed by atoms with Crippen molar-refractivity contribution in [3.05, 3.63) is 11.6 Å². The van der Waals surface area contributed by atoms with Gasteiger partial charge in [0.25, 0.3) is 0 Å². The molecular formula is C25H38O5. The zero-order chi connectivity index (χ0) is 22.1. The maximum Gasteiger partial charge on any atom is 0.331 e. The monoisotopic (exact) mass is 418 g/mol. The van der Waals surface area contributed by atoms with Crippen LogP contribution in [0, 0.1) is 34.0 Å². The van der Waals surface area contributed by atoms with E-state index < -0.39 is 23.1 Å². The highest BCUT2D eigenvalue weighted by molar-refractivity contribution is 5.93. The summed E-state index contributed by atoms with van der Waals surface area (Å²) in [6.07, 6.45) is 6.83. The molecule has 4 saturated carbocycles. The van der Waals surface area contributed by atoms with Gasteiger partial charge in [-0.15, -0.1) is 0 Å². The zero-order valence-electron chi connectivity index (χ0n) is 19.2. The Kier molecular flexibility index (Phi) is 5.06. The van der Waals surface area contributed by atoms with E-state index in [1.54, 1.807) is 0 Å². The van der Waals surface area contributed by atoms with Crippen LogP contribution in [-0.2, 0) is 14.3 Å². The molecule has 0 aromatic heterocycles. The van der Waals surface area contributed by atoms with Crippen LogP contribution in [0.1, 0.15) is 79.6 Å². The summed E-state index contributed by atoms with van der Waals surface area (Å²) in [5.74, 6) is 0.395. The number of ether oxygens (including phenoxy) is 1. The molecule has 4 aliphatic rings. The van der Waals surface area contributed by atoms with Crippen LogP contribution in [0.3, 0.4) is 0 Å². The lowest BCUT2D eigenvalue weighted by atomic mass is 9.40. The highest BCUT2D eigenvalue weighted by atomic mass is 16.5. The lowest BCUT2D eigenvalue weighted by Gasteiger charge is -2.64. The number of carbonyl (C=O) groups is 2. The maximum atomic E-state index is 13.4. The predicted molar refractivity (Wildman–Crippen MR) is 113 cm³/mol. The zero-order valence-corrected chi connectivity index (χ0v) is 19.2. The van der Waals surface area contributed by atoms with Crippen LogP contribution < -0.4 is 0 Å². The van der Waals surface area contributed by atoms with Crippen molar-refractivity contribution in [1.82, 2.24) is 0 Å². The van der Waals surface area contributed by atoms with Crippen LogP contribution in [-0.4, -0.2) is 40.3 Å². The molecule has 7 unspecified atom stereocenters. The highest BCUT2D eigenvalue weighted by Crippen LogP contribution is 2.72. The number of esters is 1. The number of hydrogen-bond donors (Lipinski definition) is 2. The van der Waals surface area contributed by atoms with E-state index in [0.29, 0.717) is 18.8 Å². The number of aliphatic hydroxyl groups excluding tert-OH is 1. The van der Waals surface area contributed by atoms with Crippen molar-refractivity contribution in [2.75, 3.05) is 6.61 Å². The molecule has 0 aromatic rings. The van der Waals surface area contributed by atoms with E-state index in [4.69, 9.17) is 4.74 Å². The van der Waals surface area contributed by atoms with E-state index in [1.807, 2.05) is 27.7 Å². The van der Waals surface area contributed by atoms with Crippen molar-refractivity contribution in [3.63, 3.8) is 0 Å². The fourth-order valence-corrected chi connectivity index (χ4v) is 8.45. The van der Waals surface area contributed by atoms with Gasteiger partial charge in [0, 0.05) is 11.5 Å². The predicted octanol–water partition coefficient (Wildman–Crippen LogP) is 3.81. The van der Waals surface area contributed by atoms with Crippen molar-refractivity contribution < 1.29 is 24.5 Å². The largest absolute Gasteiger partial charge is 0.451 e. The van der Waals surface area contributed by atoms with Crippen molar-refractivity contribution in [1.29, 1.82) is 0 Å². The van der Waals surface area contributed by atoms with Gasteiger partial charge >= 0.3 is 5.97 Å². The minimum atomic E-state index is -0.965. The van der Waals surface area contributed by atoms with Gasteiger partial charge in [-0.3, -0.25) is 4.79 Å². The van der Waals surface area contributed by atoms with E-state index in [0.717, 1.165) is 37.7 Å². The molecule has 0 radical (unpaired) electrons. The van der Waals surface area contributed by atoms with Gasteiger partial charge in [0.05, 0.1) is 12.2 Å². The normalized spacial score (nSPS) is 46.6. The molecule has 30 heavy (non-hydrogen) atoms. The Labute approximate surface area is 180 Å². The molecule has 4 aliphatic carbocycles. The number of hydrogen-bond acceptors (Lipinski definition) is 5.